The Morgan fingerprint density at radius 1 is 1.27 bits per heavy atom. The number of hydrogen-bond donors (Lipinski definition) is 2. The molecule has 76 valence electrons. The molecular formula is C10H8ClN3O. The lowest BCUT2D eigenvalue weighted by Gasteiger charge is -1.91. The van der Waals surface area contributed by atoms with Gasteiger partial charge < -0.3 is 5.10 Å². The molecule has 1 aromatic carbocycles. The first-order chi connectivity index (χ1) is 7.25. The number of rotatable bonds is 2. The second-order valence-corrected chi connectivity index (χ2v) is 3.37. The molecule has 0 spiro atoms. The van der Waals surface area contributed by atoms with Crippen LogP contribution in [0.25, 0.3) is 0 Å². The van der Waals surface area contributed by atoms with Gasteiger partial charge in [0.25, 0.3) is 5.56 Å². The Morgan fingerprint density at radius 2 is 2.00 bits per heavy atom. The van der Waals surface area contributed by atoms with Gasteiger partial charge in [0.1, 0.15) is 0 Å². The van der Waals surface area contributed by atoms with Crippen LogP contribution in [0.1, 0.15) is 5.56 Å². The van der Waals surface area contributed by atoms with Gasteiger partial charge in [-0.25, -0.2) is 0 Å². The van der Waals surface area contributed by atoms with E-state index in [1.54, 1.807) is 30.5 Å². The number of aliphatic imine (C=N–C) groups is 1. The van der Waals surface area contributed by atoms with E-state index in [0.717, 1.165) is 5.69 Å². The van der Waals surface area contributed by atoms with E-state index in [0.29, 0.717) is 10.6 Å². The van der Waals surface area contributed by atoms with E-state index in [2.05, 4.69) is 15.2 Å². The summed E-state index contributed by atoms with van der Waals surface area (Å²) in [6.45, 7) is 0. The Kier molecular flexibility index (Phi) is 2.69. The van der Waals surface area contributed by atoms with Crippen LogP contribution in [0, 0.1) is 0 Å². The topological polar surface area (TPSA) is 61.0 Å². The van der Waals surface area contributed by atoms with Crippen molar-refractivity contribution in [1.82, 2.24) is 10.2 Å². The van der Waals surface area contributed by atoms with Crippen molar-refractivity contribution in [2.45, 2.75) is 0 Å². The molecule has 0 aliphatic heterocycles. The van der Waals surface area contributed by atoms with Crippen LogP contribution in [0.2, 0.25) is 5.02 Å². The van der Waals surface area contributed by atoms with Gasteiger partial charge in [0, 0.05) is 17.4 Å². The number of benzene rings is 1. The van der Waals surface area contributed by atoms with E-state index < -0.39 is 0 Å². The van der Waals surface area contributed by atoms with Crippen molar-refractivity contribution in [2.75, 3.05) is 0 Å². The molecule has 1 heterocycles. The van der Waals surface area contributed by atoms with Crippen molar-refractivity contribution in [2.24, 2.45) is 4.99 Å². The minimum absolute atomic E-state index is 0.187. The Morgan fingerprint density at radius 3 is 2.60 bits per heavy atom. The second-order valence-electron chi connectivity index (χ2n) is 2.93. The van der Waals surface area contributed by atoms with Gasteiger partial charge in [-0.05, 0) is 24.3 Å². The average molecular weight is 222 g/mol. The molecule has 15 heavy (non-hydrogen) atoms. The zero-order valence-electron chi connectivity index (χ0n) is 7.70. The third-order valence-corrected chi connectivity index (χ3v) is 2.11. The number of hydrogen-bond acceptors (Lipinski definition) is 2. The summed E-state index contributed by atoms with van der Waals surface area (Å²) in [4.78, 5) is 15.2. The van der Waals surface area contributed by atoms with E-state index >= 15 is 0 Å². The summed E-state index contributed by atoms with van der Waals surface area (Å²) >= 11 is 5.72. The SMILES string of the molecule is O=c1[nH][nH]cc1C=Nc1ccc(Cl)cc1. The molecule has 0 bridgehead atoms. The van der Waals surface area contributed by atoms with Gasteiger partial charge in [-0.1, -0.05) is 11.6 Å². The summed E-state index contributed by atoms with van der Waals surface area (Å²) in [5, 5.41) is 5.68. The largest absolute Gasteiger partial charge is 0.305 e. The smallest absolute Gasteiger partial charge is 0.272 e. The number of nitrogens with zero attached hydrogens (tertiary/aromatic N) is 1. The summed E-state index contributed by atoms with van der Waals surface area (Å²) in [6, 6.07) is 7.05. The molecule has 0 aliphatic rings. The molecule has 5 heteroatoms. The zero-order valence-corrected chi connectivity index (χ0v) is 8.45. The maximum Gasteiger partial charge on any atom is 0.272 e. The Labute approximate surface area is 90.6 Å². The molecule has 0 aliphatic carbocycles. The lowest BCUT2D eigenvalue weighted by Crippen LogP contribution is -2.03. The van der Waals surface area contributed by atoms with E-state index in [1.807, 2.05) is 0 Å². The normalized spacial score (nSPS) is 11.0. The van der Waals surface area contributed by atoms with Gasteiger partial charge in [0.05, 0.1) is 11.3 Å². The van der Waals surface area contributed by atoms with Crippen molar-refractivity contribution >= 4 is 23.5 Å². The molecule has 0 radical (unpaired) electrons. The number of aromatic amines is 2. The predicted molar refractivity (Wildman–Crippen MR) is 60.1 cm³/mol. The highest BCUT2D eigenvalue weighted by Gasteiger charge is 1.95. The summed E-state index contributed by atoms with van der Waals surface area (Å²) in [7, 11) is 0. The molecule has 0 saturated carbocycles. The van der Waals surface area contributed by atoms with Crippen molar-refractivity contribution in [3.05, 3.63) is 51.4 Å². The maximum atomic E-state index is 11.1. The molecule has 0 unspecified atom stereocenters. The van der Waals surface area contributed by atoms with Crippen molar-refractivity contribution in [3.8, 4) is 0 Å². The fraction of sp³-hybridized carbons (Fsp3) is 0. The van der Waals surface area contributed by atoms with Crippen LogP contribution in [-0.2, 0) is 0 Å². The predicted octanol–water partition coefficient (Wildman–Crippen LogP) is 2.11. The van der Waals surface area contributed by atoms with E-state index in [-0.39, 0.29) is 5.56 Å². The summed E-state index contributed by atoms with van der Waals surface area (Å²) < 4.78 is 0. The number of aromatic nitrogens is 2. The Hall–Kier alpha value is -1.81. The first-order valence-corrected chi connectivity index (χ1v) is 4.69. The molecule has 0 amide bonds. The maximum absolute atomic E-state index is 11.1. The van der Waals surface area contributed by atoms with Crippen LogP contribution in [0.3, 0.4) is 0 Å². The second kappa shape index (κ2) is 4.14. The number of halogens is 1. The number of nitrogens with one attached hydrogen (secondary N) is 2. The molecule has 2 aromatic rings. The van der Waals surface area contributed by atoms with Crippen LogP contribution < -0.4 is 5.56 Å². The van der Waals surface area contributed by atoms with Gasteiger partial charge in [-0.3, -0.25) is 14.9 Å². The van der Waals surface area contributed by atoms with Gasteiger partial charge in [0.15, 0.2) is 0 Å². The van der Waals surface area contributed by atoms with Crippen molar-refractivity contribution in [1.29, 1.82) is 0 Å². The molecule has 0 fully saturated rings. The zero-order chi connectivity index (χ0) is 10.7. The van der Waals surface area contributed by atoms with Crippen LogP contribution in [0.5, 0.6) is 0 Å². The first-order valence-electron chi connectivity index (χ1n) is 4.31. The van der Waals surface area contributed by atoms with Gasteiger partial charge in [-0.2, -0.15) is 0 Å². The third-order valence-electron chi connectivity index (χ3n) is 1.85. The lowest BCUT2D eigenvalue weighted by atomic mass is 10.3. The van der Waals surface area contributed by atoms with Crippen LogP contribution in [0.15, 0.2) is 40.2 Å². The van der Waals surface area contributed by atoms with Crippen molar-refractivity contribution < 1.29 is 0 Å². The molecule has 0 saturated heterocycles. The molecule has 2 N–H and O–H groups in total. The Bertz CT molecular complexity index is 524. The van der Waals surface area contributed by atoms with E-state index in [1.165, 1.54) is 6.21 Å². The first kappa shape index (κ1) is 9.73. The highest BCUT2D eigenvalue weighted by molar-refractivity contribution is 6.30. The van der Waals surface area contributed by atoms with E-state index in [4.69, 9.17) is 11.6 Å². The highest BCUT2D eigenvalue weighted by Crippen LogP contribution is 2.15. The fourth-order valence-electron chi connectivity index (χ4n) is 1.08. The minimum Gasteiger partial charge on any atom is -0.305 e. The van der Waals surface area contributed by atoms with Gasteiger partial charge in [0.2, 0.25) is 0 Å². The minimum atomic E-state index is -0.187. The van der Waals surface area contributed by atoms with Gasteiger partial charge in [-0.15, -0.1) is 0 Å². The van der Waals surface area contributed by atoms with E-state index in [9.17, 15) is 4.79 Å². The van der Waals surface area contributed by atoms with Gasteiger partial charge >= 0.3 is 0 Å². The van der Waals surface area contributed by atoms with Crippen LogP contribution in [0.4, 0.5) is 5.69 Å². The quantitative estimate of drug-likeness (QED) is 0.750. The highest BCUT2D eigenvalue weighted by atomic mass is 35.5. The summed E-state index contributed by atoms with van der Waals surface area (Å²) in [5.74, 6) is 0. The Balaban J connectivity index is 2.22. The lowest BCUT2D eigenvalue weighted by molar-refractivity contribution is 1.06. The average Bonchev–Trinajstić information content (AvgIpc) is 2.63. The fourth-order valence-corrected chi connectivity index (χ4v) is 1.21. The van der Waals surface area contributed by atoms with Crippen LogP contribution in [-0.4, -0.2) is 16.4 Å². The molecular weight excluding hydrogens is 214 g/mol. The van der Waals surface area contributed by atoms with Crippen LogP contribution >= 0.6 is 11.6 Å². The molecule has 1 aromatic heterocycles. The third kappa shape index (κ3) is 2.35. The summed E-state index contributed by atoms with van der Waals surface area (Å²) in [5.41, 5.74) is 1.05. The monoisotopic (exact) mass is 221 g/mol. The summed E-state index contributed by atoms with van der Waals surface area (Å²) in [6.07, 6.45) is 3.06. The molecule has 2 rings (SSSR count). The molecule has 0 atom stereocenters. The standard InChI is InChI=1S/C10H8ClN3O/c11-8-1-3-9(4-2-8)12-5-7-6-13-14-10(7)15/h1-6H,(H2,13,14,15). The van der Waals surface area contributed by atoms with Crippen molar-refractivity contribution in [3.63, 3.8) is 0 Å². The molecule has 4 nitrogen and oxygen atoms in total. The number of H-pyrrole nitrogens is 2.